The average Bonchev–Trinajstić information content (AvgIpc) is 3.24. The maximum absolute atomic E-state index is 13.0. The second-order valence-electron chi connectivity index (χ2n) is 9.09. The Balaban J connectivity index is 1.50. The molecule has 0 aliphatic carbocycles. The smallest absolute Gasteiger partial charge is 0.226 e. The molecular weight excluding hydrogens is 394 g/mol. The van der Waals surface area contributed by atoms with Crippen molar-refractivity contribution >= 4 is 5.91 Å². The Hall–Kier alpha value is -2.32. The number of rotatable bonds is 10. The number of amides is 1. The van der Waals surface area contributed by atoms with Crippen LogP contribution in [0.4, 0.5) is 0 Å². The molecule has 1 saturated heterocycles. The van der Waals surface area contributed by atoms with Gasteiger partial charge in [-0.15, -0.1) is 0 Å². The lowest BCUT2D eigenvalue weighted by atomic mass is 9.96. The predicted molar refractivity (Wildman–Crippen MR) is 117 cm³/mol. The summed E-state index contributed by atoms with van der Waals surface area (Å²) in [7, 11) is 0. The van der Waals surface area contributed by atoms with E-state index >= 15 is 0 Å². The Morgan fingerprint density at radius 2 is 1.90 bits per heavy atom. The van der Waals surface area contributed by atoms with Gasteiger partial charge in [0.05, 0.1) is 13.2 Å². The molecule has 0 bridgehead atoms. The van der Waals surface area contributed by atoms with Crippen molar-refractivity contribution in [1.29, 1.82) is 0 Å². The first-order chi connectivity index (χ1) is 14.9. The molecule has 0 radical (unpaired) electrons. The molecule has 170 valence electrons. The number of pyridine rings is 1. The summed E-state index contributed by atoms with van der Waals surface area (Å²) in [5.74, 6) is 1.47. The third-order valence-electron chi connectivity index (χ3n) is 5.40. The van der Waals surface area contributed by atoms with E-state index in [2.05, 4.69) is 40.8 Å². The minimum atomic E-state index is -0.139. The molecule has 2 aromatic heterocycles. The molecule has 1 amide bonds. The van der Waals surface area contributed by atoms with E-state index in [1.54, 1.807) is 12.4 Å². The third kappa shape index (κ3) is 7.70. The normalized spacial score (nSPS) is 15.2. The topological polar surface area (TPSA) is 84.6 Å². The number of carbonyl (C=O) groups excluding carboxylic acids is 1. The summed E-state index contributed by atoms with van der Waals surface area (Å²) in [4.78, 5) is 25.9. The number of aryl methyl sites for hydroxylation is 1. The summed E-state index contributed by atoms with van der Waals surface area (Å²) < 4.78 is 10.8. The number of aromatic nitrogens is 3. The quantitative estimate of drug-likeness (QED) is 0.574. The van der Waals surface area contributed by atoms with Crippen LogP contribution in [0.3, 0.4) is 0 Å². The zero-order valence-corrected chi connectivity index (χ0v) is 19.0. The molecule has 1 aliphatic rings. The molecule has 0 unspecified atom stereocenters. The molecule has 0 saturated carbocycles. The molecule has 31 heavy (non-hydrogen) atoms. The minimum absolute atomic E-state index is 0.139. The van der Waals surface area contributed by atoms with Crippen LogP contribution in [0.25, 0.3) is 0 Å². The van der Waals surface area contributed by atoms with Crippen LogP contribution in [0.1, 0.15) is 57.3 Å². The highest BCUT2D eigenvalue weighted by atomic mass is 16.5. The van der Waals surface area contributed by atoms with Crippen LogP contribution < -0.4 is 0 Å². The molecular formula is C23H35N5O3. The number of hydrogen-bond acceptors (Lipinski definition) is 7. The van der Waals surface area contributed by atoms with Crippen LogP contribution >= 0.6 is 0 Å². The summed E-state index contributed by atoms with van der Waals surface area (Å²) in [6.45, 7) is 12.0. The molecule has 8 nitrogen and oxygen atoms in total. The van der Waals surface area contributed by atoms with Gasteiger partial charge >= 0.3 is 0 Å². The maximum atomic E-state index is 13.0. The van der Waals surface area contributed by atoms with Crippen molar-refractivity contribution in [2.45, 2.75) is 58.4 Å². The predicted octanol–water partition coefficient (Wildman–Crippen LogP) is 2.84. The van der Waals surface area contributed by atoms with Crippen molar-refractivity contribution in [3.63, 3.8) is 0 Å². The highest BCUT2D eigenvalue weighted by molar-refractivity contribution is 5.76. The fraction of sp³-hybridized carbons (Fsp3) is 0.652. The molecule has 1 fully saturated rings. The van der Waals surface area contributed by atoms with Gasteiger partial charge in [-0.3, -0.25) is 14.7 Å². The lowest BCUT2D eigenvalue weighted by molar-refractivity contribution is -0.132. The summed E-state index contributed by atoms with van der Waals surface area (Å²) in [6, 6.07) is 3.93. The minimum Gasteiger partial charge on any atom is -0.379 e. The molecule has 3 rings (SSSR count). The molecule has 3 heterocycles. The molecule has 0 aromatic carbocycles. The standard InChI is InChI=1S/C23H35N5O3/c1-23(2,3)22-25-20(31-26-22)6-4-7-21(29)28(18-19-8-10-24-11-9-19)13-5-12-27-14-16-30-17-15-27/h8-11H,4-7,12-18H2,1-3H3. The second-order valence-corrected chi connectivity index (χ2v) is 9.09. The molecule has 8 heteroatoms. The third-order valence-corrected chi connectivity index (χ3v) is 5.40. The van der Waals surface area contributed by atoms with Crippen LogP contribution in [-0.4, -0.2) is 70.2 Å². The van der Waals surface area contributed by atoms with E-state index in [0.29, 0.717) is 37.5 Å². The van der Waals surface area contributed by atoms with Gasteiger partial charge in [0, 0.05) is 63.4 Å². The van der Waals surface area contributed by atoms with Crippen LogP contribution in [0.2, 0.25) is 0 Å². The molecule has 0 atom stereocenters. The van der Waals surface area contributed by atoms with Crippen LogP contribution in [-0.2, 0) is 27.9 Å². The van der Waals surface area contributed by atoms with Crippen molar-refractivity contribution in [2.24, 2.45) is 0 Å². The summed E-state index contributed by atoms with van der Waals surface area (Å²) in [5, 5.41) is 4.06. The zero-order chi connectivity index (χ0) is 22.1. The summed E-state index contributed by atoms with van der Waals surface area (Å²) in [6.07, 6.45) is 6.28. The monoisotopic (exact) mass is 429 g/mol. The van der Waals surface area contributed by atoms with E-state index in [1.807, 2.05) is 17.0 Å². The fourth-order valence-electron chi connectivity index (χ4n) is 3.52. The maximum Gasteiger partial charge on any atom is 0.226 e. The SMILES string of the molecule is CC(C)(C)c1noc(CCCC(=O)N(CCCN2CCOCC2)Cc2ccncc2)n1. The number of morpholine rings is 1. The first-order valence-corrected chi connectivity index (χ1v) is 11.2. The van der Waals surface area contributed by atoms with Crippen molar-refractivity contribution in [2.75, 3.05) is 39.4 Å². The highest BCUT2D eigenvalue weighted by Gasteiger charge is 2.21. The van der Waals surface area contributed by atoms with Gasteiger partial charge in [0.25, 0.3) is 0 Å². The zero-order valence-electron chi connectivity index (χ0n) is 19.0. The van der Waals surface area contributed by atoms with Gasteiger partial charge in [-0.25, -0.2) is 0 Å². The van der Waals surface area contributed by atoms with Crippen LogP contribution in [0, 0.1) is 0 Å². The Kier molecular flexibility index (Phi) is 8.54. The lowest BCUT2D eigenvalue weighted by Crippen LogP contribution is -2.39. The average molecular weight is 430 g/mol. The van der Waals surface area contributed by atoms with E-state index in [0.717, 1.165) is 51.4 Å². The second kappa shape index (κ2) is 11.3. The number of carbonyl (C=O) groups is 1. The van der Waals surface area contributed by atoms with E-state index < -0.39 is 0 Å². The summed E-state index contributed by atoms with van der Waals surface area (Å²) in [5.41, 5.74) is 0.959. The number of ether oxygens (including phenoxy) is 1. The van der Waals surface area contributed by atoms with E-state index in [1.165, 1.54) is 0 Å². The van der Waals surface area contributed by atoms with E-state index in [-0.39, 0.29) is 11.3 Å². The molecule has 0 spiro atoms. The number of hydrogen-bond donors (Lipinski definition) is 0. The Bertz CT molecular complexity index is 797. The van der Waals surface area contributed by atoms with Gasteiger partial charge in [0.2, 0.25) is 11.8 Å². The van der Waals surface area contributed by atoms with Gasteiger partial charge in [0.15, 0.2) is 5.82 Å². The fourth-order valence-corrected chi connectivity index (χ4v) is 3.52. The van der Waals surface area contributed by atoms with Gasteiger partial charge in [-0.1, -0.05) is 25.9 Å². The van der Waals surface area contributed by atoms with Crippen LogP contribution in [0.5, 0.6) is 0 Å². The van der Waals surface area contributed by atoms with E-state index in [4.69, 9.17) is 9.26 Å². The Morgan fingerprint density at radius 3 is 2.58 bits per heavy atom. The molecule has 2 aromatic rings. The highest BCUT2D eigenvalue weighted by Crippen LogP contribution is 2.19. The first kappa shape index (κ1) is 23.3. The van der Waals surface area contributed by atoms with Crippen LogP contribution in [0.15, 0.2) is 29.0 Å². The molecule has 1 aliphatic heterocycles. The van der Waals surface area contributed by atoms with Gasteiger partial charge in [0.1, 0.15) is 0 Å². The lowest BCUT2D eigenvalue weighted by Gasteiger charge is -2.28. The summed E-state index contributed by atoms with van der Waals surface area (Å²) >= 11 is 0. The van der Waals surface area contributed by atoms with E-state index in [9.17, 15) is 4.79 Å². The Morgan fingerprint density at radius 1 is 1.16 bits per heavy atom. The Labute approximate surface area is 185 Å². The number of nitrogens with zero attached hydrogens (tertiary/aromatic N) is 5. The first-order valence-electron chi connectivity index (χ1n) is 11.2. The van der Waals surface area contributed by atoms with Gasteiger partial charge < -0.3 is 14.2 Å². The van der Waals surface area contributed by atoms with Crippen molar-refractivity contribution in [3.8, 4) is 0 Å². The van der Waals surface area contributed by atoms with Gasteiger partial charge in [-0.05, 0) is 30.5 Å². The van der Waals surface area contributed by atoms with Crippen molar-refractivity contribution < 1.29 is 14.1 Å². The van der Waals surface area contributed by atoms with Crippen molar-refractivity contribution in [3.05, 3.63) is 41.8 Å². The van der Waals surface area contributed by atoms with Gasteiger partial charge in [-0.2, -0.15) is 4.98 Å². The largest absolute Gasteiger partial charge is 0.379 e. The van der Waals surface area contributed by atoms with Crippen molar-refractivity contribution in [1.82, 2.24) is 24.9 Å². The molecule has 0 N–H and O–H groups in total.